The highest BCUT2D eigenvalue weighted by Gasteiger charge is 2.40. The fraction of sp³-hybridized carbons (Fsp3) is 0.462. The SMILES string of the molecule is CCn1cc(CO[C@H](c2ccc(C)c(CN3C[C@@H](C)Oc4ccncc4S3(=O)=O)c2)C(C)(C)C(=O)O)nn1. The molecule has 2 atom stereocenters. The highest BCUT2D eigenvalue weighted by Crippen LogP contribution is 2.39. The number of sulfonamides is 1. The average Bonchev–Trinajstić information content (AvgIpc) is 3.30. The van der Waals surface area contributed by atoms with Gasteiger partial charge in [0.05, 0.1) is 37.1 Å². The van der Waals surface area contributed by atoms with Crippen molar-refractivity contribution in [2.24, 2.45) is 5.41 Å². The van der Waals surface area contributed by atoms with Crippen LogP contribution in [0.2, 0.25) is 0 Å². The van der Waals surface area contributed by atoms with Crippen molar-refractivity contribution in [1.82, 2.24) is 24.3 Å². The van der Waals surface area contributed by atoms with E-state index in [2.05, 4.69) is 15.3 Å². The Balaban J connectivity index is 1.67. The van der Waals surface area contributed by atoms with Crippen LogP contribution in [-0.4, -0.2) is 56.4 Å². The summed E-state index contributed by atoms with van der Waals surface area (Å²) in [5, 5.41) is 18.1. The molecule has 0 saturated heterocycles. The van der Waals surface area contributed by atoms with Crippen molar-refractivity contribution in [3.8, 4) is 5.75 Å². The summed E-state index contributed by atoms with van der Waals surface area (Å²) in [4.78, 5) is 16.2. The largest absolute Gasteiger partial charge is 0.488 e. The molecule has 204 valence electrons. The zero-order valence-corrected chi connectivity index (χ0v) is 23.0. The average molecular weight is 544 g/mol. The zero-order valence-electron chi connectivity index (χ0n) is 22.2. The van der Waals surface area contributed by atoms with E-state index in [1.807, 2.05) is 39.0 Å². The Hall–Kier alpha value is -3.35. The number of aryl methyl sites for hydroxylation is 2. The molecule has 0 radical (unpaired) electrons. The van der Waals surface area contributed by atoms with E-state index in [1.54, 1.807) is 30.8 Å². The number of nitrogens with zero attached hydrogens (tertiary/aromatic N) is 5. The van der Waals surface area contributed by atoms with Crippen LogP contribution >= 0.6 is 0 Å². The first kappa shape index (κ1) is 27.7. The van der Waals surface area contributed by atoms with Gasteiger partial charge in [-0.25, -0.2) is 8.42 Å². The Kier molecular flexibility index (Phi) is 7.86. The molecule has 3 aromatic rings. The topological polar surface area (TPSA) is 137 Å². The molecule has 0 saturated carbocycles. The standard InChI is InChI=1S/C26H33N5O6S/c1-6-30-15-21(28-29-30)16-36-24(26(4,5)25(32)33)19-8-7-17(2)20(11-19)14-31-13-18(3)37-22-9-10-27-12-23(22)38(31,34)35/h7-12,15,18,24H,6,13-14,16H2,1-5H3,(H,32,33)/t18-,24-/m1/s1. The van der Waals surface area contributed by atoms with Gasteiger partial charge in [-0.15, -0.1) is 5.10 Å². The number of hydrogen-bond donors (Lipinski definition) is 1. The van der Waals surface area contributed by atoms with Gasteiger partial charge in [-0.3, -0.25) is 14.5 Å². The molecule has 1 N–H and O–H groups in total. The van der Waals surface area contributed by atoms with E-state index >= 15 is 0 Å². The van der Waals surface area contributed by atoms with Crippen molar-refractivity contribution in [3.05, 3.63) is 65.2 Å². The lowest BCUT2D eigenvalue weighted by molar-refractivity contribution is -0.158. The number of aliphatic carboxylic acids is 1. The number of ether oxygens (including phenoxy) is 2. The molecule has 1 aromatic carbocycles. The van der Waals surface area contributed by atoms with E-state index in [4.69, 9.17) is 9.47 Å². The molecule has 38 heavy (non-hydrogen) atoms. The van der Waals surface area contributed by atoms with Crippen LogP contribution in [0, 0.1) is 12.3 Å². The Morgan fingerprint density at radius 3 is 2.76 bits per heavy atom. The van der Waals surface area contributed by atoms with E-state index in [9.17, 15) is 18.3 Å². The molecule has 0 spiro atoms. The highest BCUT2D eigenvalue weighted by molar-refractivity contribution is 7.89. The molecule has 2 aromatic heterocycles. The van der Waals surface area contributed by atoms with E-state index in [0.717, 1.165) is 11.1 Å². The zero-order chi connectivity index (χ0) is 27.7. The second kappa shape index (κ2) is 10.8. The molecule has 0 fully saturated rings. The maximum Gasteiger partial charge on any atom is 0.312 e. The van der Waals surface area contributed by atoms with Crippen molar-refractivity contribution in [1.29, 1.82) is 0 Å². The van der Waals surface area contributed by atoms with Gasteiger partial charge in [0.2, 0.25) is 10.0 Å². The van der Waals surface area contributed by atoms with Crippen molar-refractivity contribution >= 4 is 16.0 Å². The second-order valence-electron chi connectivity index (χ2n) is 10.0. The highest BCUT2D eigenvalue weighted by atomic mass is 32.2. The van der Waals surface area contributed by atoms with Crippen LogP contribution in [0.1, 0.15) is 56.2 Å². The van der Waals surface area contributed by atoms with Crippen LogP contribution < -0.4 is 4.74 Å². The summed E-state index contributed by atoms with van der Waals surface area (Å²) in [7, 11) is -3.89. The Morgan fingerprint density at radius 2 is 2.08 bits per heavy atom. The van der Waals surface area contributed by atoms with Crippen molar-refractivity contribution in [3.63, 3.8) is 0 Å². The Bertz CT molecular complexity index is 1420. The minimum Gasteiger partial charge on any atom is -0.488 e. The summed E-state index contributed by atoms with van der Waals surface area (Å²) in [6.07, 6.45) is 3.34. The minimum atomic E-state index is -3.89. The second-order valence-corrected chi connectivity index (χ2v) is 11.9. The van der Waals surface area contributed by atoms with Gasteiger partial charge >= 0.3 is 5.97 Å². The van der Waals surface area contributed by atoms with Gasteiger partial charge < -0.3 is 14.6 Å². The predicted molar refractivity (Wildman–Crippen MR) is 138 cm³/mol. The van der Waals surface area contributed by atoms with Gasteiger partial charge in [-0.05, 0) is 57.4 Å². The van der Waals surface area contributed by atoms with E-state index in [-0.39, 0.29) is 36.4 Å². The first-order chi connectivity index (χ1) is 17.9. The fourth-order valence-electron chi connectivity index (χ4n) is 4.36. The summed E-state index contributed by atoms with van der Waals surface area (Å²) in [5.41, 5.74) is 1.53. The summed E-state index contributed by atoms with van der Waals surface area (Å²) in [5.74, 6) is -0.746. The number of benzene rings is 1. The molecular weight excluding hydrogens is 510 g/mol. The van der Waals surface area contributed by atoms with Gasteiger partial charge in [-0.1, -0.05) is 23.4 Å². The van der Waals surface area contributed by atoms with Gasteiger partial charge in [0.1, 0.15) is 22.4 Å². The maximum atomic E-state index is 13.5. The molecule has 11 nitrogen and oxygen atoms in total. The molecule has 0 unspecified atom stereocenters. The normalized spacial score (nSPS) is 18.3. The molecule has 3 heterocycles. The number of carboxylic acids is 1. The quantitative estimate of drug-likeness (QED) is 0.431. The lowest BCUT2D eigenvalue weighted by Crippen LogP contribution is -2.36. The summed E-state index contributed by atoms with van der Waals surface area (Å²) >= 11 is 0. The molecule has 1 aliphatic rings. The minimum absolute atomic E-state index is 0.0199. The van der Waals surface area contributed by atoms with E-state index in [0.29, 0.717) is 17.8 Å². The van der Waals surface area contributed by atoms with Crippen LogP contribution in [0.15, 0.2) is 47.8 Å². The molecular formula is C26H33N5O6S. The fourth-order valence-corrected chi connectivity index (χ4v) is 5.92. The van der Waals surface area contributed by atoms with Crippen LogP contribution in [-0.2, 0) is 39.3 Å². The number of rotatable bonds is 9. The molecule has 4 rings (SSSR count). The lowest BCUT2D eigenvalue weighted by atomic mass is 9.81. The number of carboxylic acid groups (broad SMARTS) is 1. The van der Waals surface area contributed by atoms with Crippen LogP contribution in [0.25, 0.3) is 0 Å². The summed E-state index contributed by atoms with van der Waals surface area (Å²) < 4.78 is 42.1. The third-order valence-electron chi connectivity index (χ3n) is 6.69. The molecule has 1 aliphatic heterocycles. The number of hydrogen-bond acceptors (Lipinski definition) is 8. The van der Waals surface area contributed by atoms with Gasteiger partial charge in [-0.2, -0.15) is 4.31 Å². The lowest BCUT2D eigenvalue weighted by Gasteiger charge is -2.31. The van der Waals surface area contributed by atoms with Crippen LogP contribution in [0.5, 0.6) is 5.75 Å². The van der Waals surface area contributed by atoms with Gasteiger partial charge in [0.15, 0.2) is 0 Å². The number of aromatic nitrogens is 4. The number of pyridine rings is 1. The van der Waals surface area contributed by atoms with Crippen molar-refractivity contribution in [2.75, 3.05) is 6.54 Å². The van der Waals surface area contributed by atoms with Crippen molar-refractivity contribution in [2.45, 2.75) is 71.4 Å². The maximum absolute atomic E-state index is 13.5. The predicted octanol–water partition coefficient (Wildman–Crippen LogP) is 3.34. The van der Waals surface area contributed by atoms with Crippen LogP contribution in [0.3, 0.4) is 0 Å². The van der Waals surface area contributed by atoms with Crippen LogP contribution in [0.4, 0.5) is 0 Å². The molecule has 0 aliphatic carbocycles. The number of fused-ring (bicyclic) bond motifs is 1. The summed E-state index contributed by atoms with van der Waals surface area (Å²) in [6, 6.07) is 7.04. The van der Waals surface area contributed by atoms with E-state index < -0.39 is 27.5 Å². The molecule has 0 amide bonds. The monoisotopic (exact) mass is 543 g/mol. The smallest absolute Gasteiger partial charge is 0.312 e. The third-order valence-corrected chi connectivity index (χ3v) is 8.51. The number of carbonyl (C=O) groups is 1. The first-order valence-electron chi connectivity index (χ1n) is 12.4. The van der Waals surface area contributed by atoms with Gasteiger partial charge in [0.25, 0.3) is 0 Å². The summed E-state index contributed by atoms with van der Waals surface area (Å²) in [6.45, 7) is 9.80. The molecule has 12 heteroatoms. The van der Waals surface area contributed by atoms with Gasteiger partial charge in [0, 0.05) is 19.3 Å². The Morgan fingerprint density at radius 1 is 1.32 bits per heavy atom. The Labute approximate surface area is 222 Å². The van der Waals surface area contributed by atoms with Crippen molar-refractivity contribution < 1.29 is 27.8 Å². The third kappa shape index (κ3) is 5.57. The first-order valence-corrected chi connectivity index (χ1v) is 13.8. The molecule has 0 bridgehead atoms. The van der Waals surface area contributed by atoms with E-state index in [1.165, 1.54) is 16.7 Å².